The first-order valence-corrected chi connectivity index (χ1v) is 5.10. The van der Waals surface area contributed by atoms with Crippen LogP contribution in [-0.2, 0) is 6.54 Å². The van der Waals surface area contributed by atoms with E-state index in [1.807, 2.05) is 36.0 Å². The number of hydrogen-bond donors (Lipinski definition) is 1. The van der Waals surface area contributed by atoms with Crippen LogP contribution in [-0.4, -0.2) is 9.78 Å². The molecule has 1 aromatic heterocycles. The van der Waals surface area contributed by atoms with Crippen LogP contribution >= 0.6 is 0 Å². The van der Waals surface area contributed by atoms with Crippen molar-refractivity contribution in [3.05, 3.63) is 36.0 Å². The van der Waals surface area contributed by atoms with Crippen molar-refractivity contribution in [1.29, 1.82) is 0 Å². The van der Waals surface area contributed by atoms with Gasteiger partial charge in [-0.1, -0.05) is 12.1 Å². The molecule has 0 aliphatic rings. The summed E-state index contributed by atoms with van der Waals surface area (Å²) in [4.78, 5) is 0. The molecule has 0 aliphatic carbocycles. The summed E-state index contributed by atoms with van der Waals surface area (Å²) in [5, 5.41) is 4.24. The van der Waals surface area contributed by atoms with Gasteiger partial charge in [0.15, 0.2) is 0 Å². The zero-order chi connectivity index (χ0) is 10.8. The number of aryl methyl sites for hydroxylation is 2. The van der Waals surface area contributed by atoms with Gasteiger partial charge in [-0.3, -0.25) is 4.68 Å². The first-order chi connectivity index (χ1) is 7.22. The minimum atomic E-state index is 0.830. The molecule has 2 aromatic rings. The Morgan fingerprint density at radius 3 is 2.80 bits per heavy atom. The number of benzene rings is 1. The number of rotatable bonds is 2. The second-order valence-corrected chi connectivity index (χ2v) is 3.60. The summed E-state index contributed by atoms with van der Waals surface area (Å²) in [6.45, 7) is 4.96. The minimum absolute atomic E-state index is 0.830. The third-order valence-corrected chi connectivity index (χ3v) is 2.59. The van der Waals surface area contributed by atoms with Gasteiger partial charge in [0.2, 0.25) is 0 Å². The fourth-order valence-electron chi connectivity index (χ4n) is 1.63. The molecule has 1 aromatic carbocycles. The summed E-state index contributed by atoms with van der Waals surface area (Å²) in [6.07, 6.45) is 1.81. The Hall–Kier alpha value is -1.77. The van der Waals surface area contributed by atoms with Crippen LogP contribution in [0.2, 0.25) is 0 Å². The third kappa shape index (κ3) is 1.73. The Morgan fingerprint density at radius 2 is 2.13 bits per heavy atom. The SMILES string of the molecule is CCn1nccc1-c1ccc(C)c(N)c1. The molecule has 15 heavy (non-hydrogen) atoms. The van der Waals surface area contributed by atoms with Crippen LogP contribution < -0.4 is 5.73 Å². The van der Waals surface area contributed by atoms with Gasteiger partial charge in [-0.25, -0.2) is 0 Å². The molecule has 3 nitrogen and oxygen atoms in total. The number of aromatic nitrogens is 2. The minimum Gasteiger partial charge on any atom is -0.398 e. The Kier molecular flexibility index (Phi) is 2.46. The first-order valence-electron chi connectivity index (χ1n) is 5.10. The van der Waals surface area contributed by atoms with Gasteiger partial charge >= 0.3 is 0 Å². The summed E-state index contributed by atoms with van der Waals surface area (Å²) >= 11 is 0. The molecular weight excluding hydrogens is 186 g/mol. The van der Waals surface area contributed by atoms with E-state index in [0.29, 0.717) is 0 Å². The average molecular weight is 201 g/mol. The molecule has 2 N–H and O–H groups in total. The second kappa shape index (κ2) is 3.77. The maximum absolute atomic E-state index is 5.89. The van der Waals surface area contributed by atoms with Gasteiger partial charge in [0.25, 0.3) is 0 Å². The molecule has 0 aliphatic heterocycles. The second-order valence-electron chi connectivity index (χ2n) is 3.60. The zero-order valence-electron chi connectivity index (χ0n) is 9.07. The summed E-state index contributed by atoms with van der Waals surface area (Å²) in [5.41, 5.74) is 10.1. The van der Waals surface area contributed by atoms with Crippen LogP contribution in [0.25, 0.3) is 11.3 Å². The molecule has 0 unspecified atom stereocenters. The molecular formula is C12H15N3. The van der Waals surface area contributed by atoms with Crippen molar-refractivity contribution in [2.45, 2.75) is 20.4 Å². The van der Waals surface area contributed by atoms with E-state index < -0.39 is 0 Å². The van der Waals surface area contributed by atoms with Gasteiger partial charge in [-0.2, -0.15) is 5.10 Å². The fraction of sp³-hybridized carbons (Fsp3) is 0.250. The highest BCUT2D eigenvalue weighted by Crippen LogP contribution is 2.23. The Morgan fingerprint density at radius 1 is 1.33 bits per heavy atom. The van der Waals surface area contributed by atoms with Gasteiger partial charge < -0.3 is 5.73 Å². The largest absolute Gasteiger partial charge is 0.398 e. The number of nitrogen functional groups attached to an aromatic ring is 1. The molecule has 2 rings (SSSR count). The molecule has 3 heteroatoms. The number of nitrogens with zero attached hydrogens (tertiary/aromatic N) is 2. The predicted octanol–water partition coefficient (Wildman–Crippen LogP) is 2.46. The van der Waals surface area contributed by atoms with Crippen LogP contribution in [0.3, 0.4) is 0 Å². The van der Waals surface area contributed by atoms with Gasteiger partial charge in [0.1, 0.15) is 0 Å². The lowest BCUT2D eigenvalue weighted by Gasteiger charge is -2.07. The summed E-state index contributed by atoms with van der Waals surface area (Å²) < 4.78 is 1.96. The Bertz CT molecular complexity index is 471. The monoisotopic (exact) mass is 201 g/mol. The van der Waals surface area contributed by atoms with Gasteiger partial charge in [-0.15, -0.1) is 0 Å². The van der Waals surface area contributed by atoms with Gasteiger partial charge in [0, 0.05) is 24.0 Å². The van der Waals surface area contributed by atoms with Crippen LogP contribution in [0.5, 0.6) is 0 Å². The summed E-state index contributed by atoms with van der Waals surface area (Å²) in [7, 11) is 0. The molecule has 0 saturated carbocycles. The number of nitrogens with two attached hydrogens (primary N) is 1. The highest BCUT2D eigenvalue weighted by molar-refractivity contribution is 5.66. The van der Waals surface area contributed by atoms with E-state index in [9.17, 15) is 0 Å². The quantitative estimate of drug-likeness (QED) is 0.758. The number of anilines is 1. The Labute approximate surface area is 89.5 Å². The van der Waals surface area contributed by atoms with E-state index in [1.54, 1.807) is 0 Å². The summed E-state index contributed by atoms with van der Waals surface area (Å²) in [5.74, 6) is 0. The Balaban J connectivity index is 2.50. The maximum Gasteiger partial charge on any atom is 0.0682 e. The lowest BCUT2D eigenvalue weighted by molar-refractivity contribution is 0.667. The van der Waals surface area contributed by atoms with Crippen molar-refractivity contribution in [2.24, 2.45) is 0 Å². The van der Waals surface area contributed by atoms with E-state index in [-0.39, 0.29) is 0 Å². The molecule has 0 atom stereocenters. The van der Waals surface area contributed by atoms with Crippen LogP contribution in [0.15, 0.2) is 30.5 Å². The van der Waals surface area contributed by atoms with Crippen molar-refractivity contribution in [2.75, 3.05) is 5.73 Å². The molecule has 0 bridgehead atoms. The van der Waals surface area contributed by atoms with Gasteiger partial charge in [-0.05, 0) is 31.5 Å². The molecule has 0 saturated heterocycles. The molecule has 1 heterocycles. The van der Waals surface area contributed by atoms with E-state index in [4.69, 9.17) is 5.73 Å². The topological polar surface area (TPSA) is 43.8 Å². The van der Waals surface area contributed by atoms with Crippen molar-refractivity contribution >= 4 is 5.69 Å². The standard InChI is InChI=1S/C12H15N3/c1-3-15-12(6-7-14-15)10-5-4-9(2)11(13)8-10/h4-8H,3,13H2,1-2H3. The fourth-order valence-corrected chi connectivity index (χ4v) is 1.63. The zero-order valence-corrected chi connectivity index (χ0v) is 9.07. The van der Waals surface area contributed by atoms with Crippen molar-refractivity contribution in [3.8, 4) is 11.3 Å². The van der Waals surface area contributed by atoms with Gasteiger partial charge in [0.05, 0.1) is 5.69 Å². The molecule has 78 valence electrons. The van der Waals surface area contributed by atoms with Crippen LogP contribution in [0, 0.1) is 6.92 Å². The molecule has 0 radical (unpaired) electrons. The van der Waals surface area contributed by atoms with Crippen LogP contribution in [0.4, 0.5) is 5.69 Å². The van der Waals surface area contributed by atoms with Crippen molar-refractivity contribution in [3.63, 3.8) is 0 Å². The van der Waals surface area contributed by atoms with E-state index in [0.717, 1.165) is 29.1 Å². The van der Waals surface area contributed by atoms with E-state index in [2.05, 4.69) is 18.1 Å². The lowest BCUT2D eigenvalue weighted by Crippen LogP contribution is -1.99. The van der Waals surface area contributed by atoms with Crippen molar-refractivity contribution in [1.82, 2.24) is 9.78 Å². The van der Waals surface area contributed by atoms with E-state index in [1.165, 1.54) is 0 Å². The normalized spacial score (nSPS) is 10.5. The smallest absolute Gasteiger partial charge is 0.0682 e. The highest BCUT2D eigenvalue weighted by Gasteiger charge is 2.04. The molecule has 0 spiro atoms. The number of hydrogen-bond acceptors (Lipinski definition) is 2. The molecule has 0 amide bonds. The van der Waals surface area contributed by atoms with Crippen molar-refractivity contribution < 1.29 is 0 Å². The maximum atomic E-state index is 5.89. The summed E-state index contributed by atoms with van der Waals surface area (Å²) in [6, 6.07) is 8.12. The van der Waals surface area contributed by atoms with E-state index >= 15 is 0 Å². The lowest BCUT2D eigenvalue weighted by atomic mass is 10.1. The first kappa shape index (κ1) is 9.77. The predicted molar refractivity (Wildman–Crippen MR) is 62.5 cm³/mol. The molecule has 0 fully saturated rings. The van der Waals surface area contributed by atoms with Crippen LogP contribution in [0.1, 0.15) is 12.5 Å². The third-order valence-electron chi connectivity index (χ3n) is 2.59. The highest BCUT2D eigenvalue weighted by atomic mass is 15.3. The average Bonchev–Trinajstić information content (AvgIpc) is 2.70.